The van der Waals surface area contributed by atoms with E-state index in [0.29, 0.717) is 0 Å². The third kappa shape index (κ3) is 3.81. The van der Waals surface area contributed by atoms with Crippen molar-refractivity contribution in [3.63, 3.8) is 0 Å². The Bertz CT molecular complexity index is 510. The van der Waals surface area contributed by atoms with E-state index < -0.39 is 0 Å². The molecule has 1 atom stereocenters. The number of aliphatic hydroxyl groups excluding tert-OH is 1. The van der Waals surface area contributed by atoms with E-state index in [2.05, 4.69) is 35.1 Å². The van der Waals surface area contributed by atoms with Crippen molar-refractivity contribution in [3.05, 3.63) is 59.9 Å². The van der Waals surface area contributed by atoms with Gasteiger partial charge in [-0.05, 0) is 36.2 Å². The molecule has 3 heteroatoms. The lowest BCUT2D eigenvalue weighted by molar-refractivity contribution is 0.173. The number of hydrogen-bond donors (Lipinski definition) is 1. The molecule has 1 N–H and O–H groups in total. The molecule has 106 valence electrons. The Hall–Kier alpha value is -1.87. The zero-order valence-corrected chi connectivity index (χ0v) is 12.2. The van der Waals surface area contributed by atoms with Crippen LogP contribution in [-0.4, -0.2) is 23.7 Å². The van der Waals surface area contributed by atoms with Crippen molar-refractivity contribution in [2.24, 2.45) is 0 Å². The number of nitrogens with zero attached hydrogens (tertiary/aromatic N) is 2. The van der Waals surface area contributed by atoms with Crippen molar-refractivity contribution in [1.29, 1.82) is 0 Å². The van der Waals surface area contributed by atoms with Crippen LogP contribution in [0.25, 0.3) is 0 Å². The Morgan fingerprint density at radius 2 is 1.90 bits per heavy atom. The molecule has 1 aromatic carbocycles. The molecule has 0 amide bonds. The zero-order valence-electron chi connectivity index (χ0n) is 12.2. The van der Waals surface area contributed by atoms with Crippen molar-refractivity contribution >= 4 is 5.69 Å². The quantitative estimate of drug-likeness (QED) is 0.875. The highest BCUT2D eigenvalue weighted by Crippen LogP contribution is 2.20. The summed E-state index contributed by atoms with van der Waals surface area (Å²) in [5.41, 5.74) is 3.25. The van der Waals surface area contributed by atoms with Crippen LogP contribution in [0.1, 0.15) is 30.7 Å². The highest BCUT2D eigenvalue weighted by Gasteiger charge is 2.06. The first-order valence-corrected chi connectivity index (χ1v) is 7.09. The van der Waals surface area contributed by atoms with Gasteiger partial charge >= 0.3 is 0 Å². The molecule has 0 unspecified atom stereocenters. The van der Waals surface area contributed by atoms with Crippen molar-refractivity contribution in [2.75, 3.05) is 18.5 Å². The largest absolute Gasteiger partial charge is 0.388 e. The fourth-order valence-electron chi connectivity index (χ4n) is 2.14. The average molecular weight is 270 g/mol. The highest BCUT2D eigenvalue weighted by molar-refractivity contribution is 5.47. The third-order valence-electron chi connectivity index (χ3n) is 3.53. The number of rotatable bonds is 6. The summed E-state index contributed by atoms with van der Waals surface area (Å²) in [6.07, 6.45) is 3.14. The molecule has 0 aliphatic rings. The van der Waals surface area contributed by atoms with Gasteiger partial charge in [-0.25, -0.2) is 0 Å². The first-order chi connectivity index (χ1) is 9.70. The van der Waals surface area contributed by atoms with Crippen LogP contribution in [0, 0.1) is 0 Å². The second kappa shape index (κ2) is 7.06. The summed E-state index contributed by atoms with van der Waals surface area (Å²) in [4.78, 5) is 6.54. The molecule has 3 nitrogen and oxygen atoms in total. The summed E-state index contributed by atoms with van der Waals surface area (Å²) < 4.78 is 0. The predicted octanol–water partition coefficient (Wildman–Crippen LogP) is 3.20. The lowest BCUT2D eigenvalue weighted by Gasteiger charge is -2.20. The van der Waals surface area contributed by atoms with Crippen LogP contribution in [0.2, 0.25) is 0 Å². The van der Waals surface area contributed by atoms with E-state index in [-0.39, 0.29) is 6.10 Å². The molecule has 0 saturated heterocycles. The molecule has 1 heterocycles. The molecule has 1 aromatic heterocycles. The summed E-state index contributed by atoms with van der Waals surface area (Å²) in [5, 5.41) is 9.79. The van der Waals surface area contributed by atoms with Gasteiger partial charge in [-0.15, -0.1) is 0 Å². The van der Waals surface area contributed by atoms with Gasteiger partial charge in [0.15, 0.2) is 0 Å². The molecule has 2 rings (SSSR count). The molecule has 0 aliphatic heterocycles. The van der Waals surface area contributed by atoms with E-state index in [9.17, 15) is 5.11 Å². The van der Waals surface area contributed by atoms with Crippen molar-refractivity contribution in [2.45, 2.75) is 25.9 Å². The van der Waals surface area contributed by atoms with E-state index in [0.717, 1.165) is 36.3 Å². The van der Waals surface area contributed by atoms with Gasteiger partial charge in [-0.2, -0.15) is 0 Å². The normalized spacial score (nSPS) is 12.2. The van der Waals surface area contributed by atoms with Crippen molar-refractivity contribution in [3.8, 4) is 0 Å². The van der Waals surface area contributed by atoms with Crippen LogP contribution in [0.4, 0.5) is 5.69 Å². The molecule has 0 saturated carbocycles. The molecule has 2 aromatic rings. The van der Waals surface area contributed by atoms with Gasteiger partial charge in [0, 0.05) is 37.6 Å². The molecule has 0 bridgehead atoms. The summed E-state index contributed by atoms with van der Waals surface area (Å²) >= 11 is 0. The molecule has 0 spiro atoms. The lowest BCUT2D eigenvalue weighted by Crippen LogP contribution is -2.20. The van der Waals surface area contributed by atoms with Crippen LogP contribution in [0.5, 0.6) is 0 Å². The second-order valence-electron chi connectivity index (χ2n) is 5.01. The Balaban J connectivity index is 1.94. The molecular formula is C17H22N2O. The van der Waals surface area contributed by atoms with E-state index >= 15 is 0 Å². The number of aliphatic hydroxyl groups is 1. The van der Waals surface area contributed by atoms with E-state index in [4.69, 9.17) is 0 Å². The Labute approximate surface area is 120 Å². The molecule has 0 radical (unpaired) electrons. The van der Waals surface area contributed by atoms with Gasteiger partial charge in [0.2, 0.25) is 0 Å². The van der Waals surface area contributed by atoms with E-state index in [1.807, 2.05) is 37.4 Å². The number of benzene rings is 1. The Kier molecular flexibility index (Phi) is 5.13. The van der Waals surface area contributed by atoms with Gasteiger partial charge in [0.1, 0.15) is 0 Å². The smallest absolute Gasteiger partial charge is 0.0787 e. The highest BCUT2D eigenvalue weighted by atomic mass is 16.3. The third-order valence-corrected chi connectivity index (χ3v) is 3.53. The van der Waals surface area contributed by atoms with Gasteiger partial charge in [0.25, 0.3) is 0 Å². The first kappa shape index (κ1) is 14.5. The monoisotopic (exact) mass is 270 g/mol. The average Bonchev–Trinajstić information content (AvgIpc) is 2.53. The van der Waals surface area contributed by atoms with Crippen LogP contribution >= 0.6 is 0 Å². The maximum Gasteiger partial charge on any atom is 0.0787 e. The van der Waals surface area contributed by atoms with Gasteiger partial charge in [-0.3, -0.25) is 4.98 Å². The van der Waals surface area contributed by atoms with Crippen LogP contribution in [0.15, 0.2) is 48.7 Å². The van der Waals surface area contributed by atoms with Gasteiger partial charge < -0.3 is 10.0 Å². The maximum atomic E-state index is 9.79. The van der Waals surface area contributed by atoms with Crippen molar-refractivity contribution in [1.82, 2.24) is 4.98 Å². The summed E-state index contributed by atoms with van der Waals surface area (Å²) in [7, 11) is 2.08. The molecular weight excluding hydrogens is 248 g/mol. The minimum Gasteiger partial charge on any atom is -0.388 e. The van der Waals surface area contributed by atoms with Crippen LogP contribution in [0.3, 0.4) is 0 Å². The summed E-state index contributed by atoms with van der Waals surface area (Å²) in [6, 6.07) is 14.1. The standard InChI is InChI=1S/C17H22N2O/c1-3-17(20)14-7-9-16(10-8-14)19(2)13-11-15-6-4-5-12-18-15/h4-10,12,17,20H,3,11,13H2,1-2H3/t17-/m0/s1. The fraction of sp³-hybridized carbons (Fsp3) is 0.353. The van der Waals surface area contributed by atoms with Gasteiger partial charge in [-0.1, -0.05) is 25.1 Å². The summed E-state index contributed by atoms with van der Waals surface area (Å²) in [5.74, 6) is 0. The first-order valence-electron chi connectivity index (χ1n) is 7.09. The second-order valence-corrected chi connectivity index (χ2v) is 5.01. The number of pyridine rings is 1. The van der Waals surface area contributed by atoms with E-state index in [1.165, 1.54) is 0 Å². The summed E-state index contributed by atoms with van der Waals surface area (Å²) in [6.45, 7) is 2.91. The zero-order chi connectivity index (χ0) is 14.4. The van der Waals surface area contributed by atoms with Gasteiger partial charge in [0.05, 0.1) is 6.10 Å². The number of aromatic nitrogens is 1. The van der Waals surface area contributed by atoms with Crippen molar-refractivity contribution < 1.29 is 5.11 Å². The molecule has 20 heavy (non-hydrogen) atoms. The lowest BCUT2D eigenvalue weighted by atomic mass is 10.1. The SMILES string of the molecule is CC[C@H](O)c1ccc(N(C)CCc2ccccn2)cc1. The minimum atomic E-state index is -0.358. The Morgan fingerprint density at radius 1 is 1.15 bits per heavy atom. The number of hydrogen-bond acceptors (Lipinski definition) is 3. The molecule has 0 aliphatic carbocycles. The van der Waals surface area contributed by atoms with Crippen LogP contribution in [-0.2, 0) is 6.42 Å². The minimum absolute atomic E-state index is 0.358. The maximum absolute atomic E-state index is 9.79. The molecule has 0 fully saturated rings. The topological polar surface area (TPSA) is 36.4 Å². The van der Waals surface area contributed by atoms with E-state index in [1.54, 1.807) is 0 Å². The number of anilines is 1. The predicted molar refractivity (Wildman–Crippen MR) is 82.9 cm³/mol. The number of likely N-dealkylation sites (N-methyl/N-ethyl adjacent to an activating group) is 1. The van der Waals surface area contributed by atoms with Crippen LogP contribution < -0.4 is 4.90 Å². The fourth-order valence-corrected chi connectivity index (χ4v) is 2.14. The Morgan fingerprint density at radius 3 is 2.50 bits per heavy atom.